The van der Waals surface area contributed by atoms with Gasteiger partial charge in [0.05, 0.1) is 28.8 Å². The standard InChI is InChI=1S/C19H15BrFNO3S2/c1-3-25-17-14(20)7-11(8-15(17)24-2)9-16-18(23)22(19(26)27-16)13-6-4-5-12(21)10-13/h4-10H,3H2,1-2H3/b16-9-. The molecule has 27 heavy (non-hydrogen) atoms. The molecule has 1 fully saturated rings. The van der Waals surface area contributed by atoms with E-state index in [0.29, 0.717) is 33.0 Å². The lowest BCUT2D eigenvalue weighted by Gasteiger charge is -2.14. The second kappa shape index (κ2) is 8.41. The lowest BCUT2D eigenvalue weighted by atomic mass is 10.1. The molecule has 2 aromatic carbocycles. The van der Waals surface area contributed by atoms with Crippen LogP contribution in [-0.4, -0.2) is 23.9 Å². The number of rotatable bonds is 5. The van der Waals surface area contributed by atoms with Crippen LogP contribution in [0.1, 0.15) is 12.5 Å². The second-order valence-corrected chi connectivity index (χ2v) is 7.99. The molecule has 1 amide bonds. The number of thiocarbonyl (C=S) groups is 1. The molecule has 0 aliphatic carbocycles. The quantitative estimate of drug-likeness (QED) is 0.434. The van der Waals surface area contributed by atoms with Gasteiger partial charge in [0.25, 0.3) is 5.91 Å². The number of benzene rings is 2. The summed E-state index contributed by atoms with van der Waals surface area (Å²) in [5, 5.41) is 0. The van der Waals surface area contributed by atoms with E-state index in [0.717, 1.165) is 10.0 Å². The number of hydrogen-bond donors (Lipinski definition) is 0. The van der Waals surface area contributed by atoms with Gasteiger partial charge in [-0.3, -0.25) is 9.69 Å². The summed E-state index contributed by atoms with van der Waals surface area (Å²) in [6, 6.07) is 9.41. The smallest absolute Gasteiger partial charge is 0.270 e. The van der Waals surface area contributed by atoms with Crippen LogP contribution in [0.4, 0.5) is 10.1 Å². The van der Waals surface area contributed by atoms with Gasteiger partial charge in [-0.1, -0.05) is 30.0 Å². The summed E-state index contributed by atoms with van der Waals surface area (Å²) < 4.78 is 25.5. The van der Waals surface area contributed by atoms with Crippen molar-refractivity contribution < 1.29 is 18.7 Å². The summed E-state index contributed by atoms with van der Waals surface area (Å²) in [6.45, 7) is 2.39. The summed E-state index contributed by atoms with van der Waals surface area (Å²) in [7, 11) is 1.55. The van der Waals surface area contributed by atoms with Crippen molar-refractivity contribution in [3.63, 3.8) is 0 Å². The summed E-state index contributed by atoms with van der Waals surface area (Å²) in [5.41, 5.74) is 1.16. The predicted molar refractivity (Wildman–Crippen MR) is 114 cm³/mol. The van der Waals surface area contributed by atoms with Crippen LogP contribution >= 0.6 is 39.9 Å². The highest BCUT2D eigenvalue weighted by atomic mass is 79.9. The first-order chi connectivity index (χ1) is 12.9. The number of carbonyl (C=O) groups excluding carboxylic acids is 1. The number of carbonyl (C=O) groups is 1. The Kier molecular flexibility index (Phi) is 6.18. The van der Waals surface area contributed by atoms with E-state index in [2.05, 4.69) is 15.9 Å². The van der Waals surface area contributed by atoms with Crippen LogP contribution in [0, 0.1) is 5.82 Å². The molecule has 140 valence electrons. The SMILES string of the molecule is CCOc1c(Br)cc(/C=C2\SC(=S)N(c3cccc(F)c3)C2=O)cc1OC. The average molecular weight is 468 g/mol. The average Bonchev–Trinajstić information content (AvgIpc) is 2.90. The zero-order valence-corrected chi connectivity index (χ0v) is 17.7. The molecule has 1 aliphatic rings. The maximum atomic E-state index is 13.5. The fourth-order valence-corrected chi connectivity index (χ4v) is 4.44. The molecule has 0 aromatic heterocycles. The molecule has 3 rings (SSSR count). The molecule has 1 saturated heterocycles. The molecule has 1 aliphatic heterocycles. The first kappa shape index (κ1) is 19.9. The Morgan fingerprint density at radius 2 is 2.11 bits per heavy atom. The Morgan fingerprint density at radius 1 is 1.33 bits per heavy atom. The van der Waals surface area contributed by atoms with Gasteiger partial charge in [-0.05, 0) is 64.8 Å². The Morgan fingerprint density at radius 3 is 2.78 bits per heavy atom. The van der Waals surface area contributed by atoms with E-state index >= 15 is 0 Å². The van der Waals surface area contributed by atoms with Gasteiger partial charge in [-0.25, -0.2) is 4.39 Å². The fourth-order valence-electron chi connectivity index (χ4n) is 2.56. The van der Waals surface area contributed by atoms with Crippen molar-refractivity contribution >= 4 is 61.9 Å². The number of thioether (sulfide) groups is 1. The predicted octanol–water partition coefficient (Wildman–Crippen LogP) is 5.40. The van der Waals surface area contributed by atoms with Crippen molar-refractivity contribution in [1.29, 1.82) is 0 Å². The van der Waals surface area contributed by atoms with Crippen LogP contribution < -0.4 is 14.4 Å². The summed E-state index contributed by atoms with van der Waals surface area (Å²) in [6.07, 6.45) is 1.72. The zero-order chi connectivity index (χ0) is 19.6. The van der Waals surface area contributed by atoms with Crippen LogP contribution in [0.15, 0.2) is 45.8 Å². The molecule has 0 bridgehead atoms. The Hall–Kier alpha value is -1.90. The third-order valence-electron chi connectivity index (χ3n) is 3.70. The third-order valence-corrected chi connectivity index (χ3v) is 5.59. The van der Waals surface area contributed by atoms with Crippen molar-refractivity contribution in [2.75, 3.05) is 18.6 Å². The lowest BCUT2D eigenvalue weighted by Crippen LogP contribution is -2.27. The highest BCUT2D eigenvalue weighted by molar-refractivity contribution is 9.10. The molecule has 0 atom stereocenters. The van der Waals surface area contributed by atoms with Gasteiger partial charge < -0.3 is 9.47 Å². The third kappa shape index (κ3) is 4.17. The fraction of sp³-hybridized carbons (Fsp3) is 0.158. The summed E-state index contributed by atoms with van der Waals surface area (Å²) >= 11 is 9.96. The van der Waals surface area contributed by atoms with Crippen molar-refractivity contribution in [2.45, 2.75) is 6.92 Å². The number of methoxy groups -OCH3 is 1. The van der Waals surface area contributed by atoms with E-state index < -0.39 is 5.82 Å². The summed E-state index contributed by atoms with van der Waals surface area (Å²) in [5.74, 6) is 0.438. The van der Waals surface area contributed by atoms with Gasteiger partial charge in [0.15, 0.2) is 15.8 Å². The Balaban J connectivity index is 1.95. The minimum absolute atomic E-state index is 0.292. The topological polar surface area (TPSA) is 38.8 Å². The Labute approximate surface area is 174 Å². The number of anilines is 1. The molecule has 2 aromatic rings. The van der Waals surface area contributed by atoms with Crippen molar-refractivity contribution in [2.24, 2.45) is 0 Å². The van der Waals surface area contributed by atoms with Crippen LogP contribution in [0.25, 0.3) is 6.08 Å². The first-order valence-electron chi connectivity index (χ1n) is 7.98. The molecule has 0 radical (unpaired) electrons. The highest BCUT2D eigenvalue weighted by Gasteiger charge is 2.33. The zero-order valence-electron chi connectivity index (χ0n) is 14.5. The van der Waals surface area contributed by atoms with Gasteiger partial charge in [0, 0.05) is 0 Å². The molecule has 1 heterocycles. The van der Waals surface area contributed by atoms with Gasteiger partial charge in [0.1, 0.15) is 5.82 Å². The highest BCUT2D eigenvalue weighted by Crippen LogP contribution is 2.40. The van der Waals surface area contributed by atoms with Gasteiger partial charge >= 0.3 is 0 Å². The molecular weight excluding hydrogens is 453 g/mol. The van der Waals surface area contributed by atoms with Crippen LogP contribution in [0.5, 0.6) is 11.5 Å². The van der Waals surface area contributed by atoms with E-state index in [1.54, 1.807) is 31.4 Å². The number of amides is 1. The normalized spacial score (nSPS) is 15.6. The largest absolute Gasteiger partial charge is 0.493 e. The molecule has 4 nitrogen and oxygen atoms in total. The molecule has 0 saturated carbocycles. The second-order valence-electron chi connectivity index (χ2n) is 5.46. The molecule has 0 unspecified atom stereocenters. The summed E-state index contributed by atoms with van der Waals surface area (Å²) in [4.78, 5) is 14.6. The van der Waals surface area contributed by atoms with Gasteiger partial charge in [0.2, 0.25) is 0 Å². The van der Waals surface area contributed by atoms with Crippen LogP contribution in [-0.2, 0) is 4.79 Å². The van der Waals surface area contributed by atoms with E-state index in [9.17, 15) is 9.18 Å². The minimum atomic E-state index is -0.425. The van der Waals surface area contributed by atoms with Crippen molar-refractivity contribution in [3.05, 3.63) is 57.2 Å². The van der Waals surface area contributed by atoms with E-state index in [-0.39, 0.29) is 5.91 Å². The first-order valence-corrected chi connectivity index (χ1v) is 10.00. The van der Waals surface area contributed by atoms with Gasteiger partial charge in [-0.15, -0.1) is 0 Å². The number of ether oxygens (including phenoxy) is 2. The number of hydrogen-bond acceptors (Lipinski definition) is 5. The minimum Gasteiger partial charge on any atom is -0.493 e. The van der Waals surface area contributed by atoms with Crippen LogP contribution in [0.3, 0.4) is 0 Å². The Bertz CT molecular complexity index is 949. The van der Waals surface area contributed by atoms with Crippen molar-refractivity contribution in [1.82, 2.24) is 0 Å². The number of nitrogens with zero attached hydrogens (tertiary/aromatic N) is 1. The lowest BCUT2D eigenvalue weighted by molar-refractivity contribution is -0.113. The number of halogens is 2. The molecule has 0 N–H and O–H groups in total. The van der Waals surface area contributed by atoms with E-state index in [1.165, 1.54) is 28.8 Å². The van der Waals surface area contributed by atoms with Gasteiger partial charge in [-0.2, -0.15) is 0 Å². The monoisotopic (exact) mass is 467 g/mol. The van der Waals surface area contributed by atoms with Crippen molar-refractivity contribution in [3.8, 4) is 11.5 Å². The maximum Gasteiger partial charge on any atom is 0.270 e. The van der Waals surface area contributed by atoms with E-state index in [4.69, 9.17) is 21.7 Å². The molecule has 0 spiro atoms. The molecule has 8 heteroatoms. The molecular formula is C19H15BrFNO3S2. The van der Waals surface area contributed by atoms with Crippen LogP contribution in [0.2, 0.25) is 0 Å². The maximum absolute atomic E-state index is 13.5. The van der Waals surface area contributed by atoms with E-state index in [1.807, 2.05) is 13.0 Å².